The molecule has 0 saturated carbocycles. The summed E-state index contributed by atoms with van der Waals surface area (Å²) in [5.74, 6) is 0. The fourth-order valence-electron chi connectivity index (χ4n) is 6.62. The topological polar surface area (TPSA) is 0 Å². The van der Waals surface area contributed by atoms with Gasteiger partial charge in [0, 0.05) is 30.0 Å². The number of hydrogen-bond donors (Lipinski definition) is 0. The van der Waals surface area contributed by atoms with Crippen molar-refractivity contribution in [2.45, 2.75) is 38.5 Å². The molecule has 0 amide bonds. The molecule has 6 heteroatoms. The highest BCUT2D eigenvalue weighted by atomic mass is 79.9. The molecule has 0 unspecified atom stereocenters. The van der Waals surface area contributed by atoms with Crippen LogP contribution >= 0.6 is 77.2 Å². The Kier molecular flexibility index (Phi) is 4.00. The Morgan fingerprint density at radius 2 is 0.971 bits per heavy atom. The van der Waals surface area contributed by atoms with Crippen LogP contribution in [0.15, 0.2) is 44.0 Å². The van der Waals surface area contributed by atoms with Gasteiger partial charge in [-0.3, -0.25) is 0 Å². The number of rotatable bonds is 0. The summed E-state index contributed by atoms with van der Waals surface area (Å²) in [5.41, 5.74) is 8.91. The summed E-state index contributed by atoms with van der Waals surface area (Å²) in [6.45, 7) is 9.72. The van der Waals surface area contributed by atoms with Crippen molar-refractivity contribution in [3.8, 4) is 20.9 Å². The Labute approximate surface area is 230 Å². The highest BCUT2D eigenvalue weighted by molar-refractivity contribution is 9.11. The normalized spacial score (nSPS) is 17.0. The fraction of sp³-hybridized carbons (Fsp3) is 0.214. The van der Waals surface area contributed by atoms with E-state index in [4.69, 9.17) is 0 Å². The molecule has 0 nitrogen and oxygen atoms in total. The predicted molar refractivity (Wildman–Crippen MR) is 161 cm³/mol. The van der Waals surface area contributed by atoms with Gasteiger partial charge in [-0.1, -0.05) is 52.0 Å². The maximum absolute atomic E-state index is 3.72. The SMILES string of the molecule is CC1(C)c2c(ccc3c4c(ccc23)-c2sc3cc(Br)sc3c2C4(C)C)-c2sc3cc(Br)sc3c21. The Morgan fingerprint density at radius 3 is 1.38 bits per heavy atom. The van der Waals surface area contributed by atoms with Gasteiger partial charge in [-0.25, -0.2) is 0 Å². The first kappa shape index (κ1) is 21.1. The Morgan fingerprint density at radius 1 is 0.559 bits per heavy atom. The number of fused-ring (bicyclic) bond motifs is 13. The van der Waals surface area contributed by atoms with E-state index in [1.165, 1.54) is 80.3 Å². The van der Waals surface area contributed by atoms with Crippen LogP contribution in [0.2, 0.25) is 0 Å². The second kappa shape index (κ2) is 6.45. The molecule has 0 atom stereocenters. The first-order valence-electron chi connectivity index (χ1n) is 11.2. The maximum atomic E-state index is 3.72. The first-order chi connectivity index (χ1) is 16.2. The van der Waals surface area contributed by atoms with E-state index in [-0.39, 0.29) is 10.8 Å². The van der Waals surface area contributed by atoms with E-state index in [0.717, 1.165) is 0 Å². The second-order valence-electron chi connectivity index (χ2n) is 10.4. The predicted octanol–water partition coefficient (Wildman–Crippen LogP) is 11.5. The standard InChI is InChI=1S/C28H18Br2S4/c1-27(2)19-11-5-8-14-20(28(3,4)22-24(14)32-16-10-18(30)34-26(16)22)12(11)6-7-13(19)23-21(27)25-15(31-23)9-17(29)33-25/h5-10H,1-4H3. The van der Waals surface area contributed by atoms with E-state index in [0.29, 0.717) is 0 Å². The quantitative estimate of drug-likeness (QED) is 0.155. The van der Waals surface area contributed by atoms with Crippen molar-refractivity contribution in [2.24, 2.45) is 0 Å². The van der Waals surface area contributed by atoms with Crippen molar-refractivity contribution in [3.05, 3.63) is 66.2 Å². The van der Waals surface area contributed by atoms with E-state index < -0.39 is 0 Å². The summed E-state index contributed by atoms with van der Waals surface area (Å²) in [5, 5.41) is 2.86. The average Bonchev–Trinajstić information content (AvgIpc) is 3.53. The molecule has 34 heavy (non-hydrogen) atoms. The molecule has 0 saturated heterocycles. The van der Waals surface area contributed by atoms with Gasteiger partial charge in [-0.15, -0.1) is 45.3 Å². The zero-order valence-corrected chi connectivity index (χ0v) is 25.3. The third-order valence-electron chi connectivity index (χ3n) is 7.86. The van der Waals surface area contributed by atoms with Crippen molar-refractivity contribution >= 4 is 107 Å². The lowest BCUT2D eigenvalue weighted by Gasteiger charge is -2.26. The number of benzene rings is 2. The van der Waals surface area contributed by atoms with Gasteiger partial charge in [-0.05, 0) is 88.1 Å². The van der Waals surface area contributed by atoms with Crippen molar-refractivity contribution in [3.63, 3.8) is 0 Å². The Balaban J connectivity index is 1.45. The van der Waals surface area contributed by atoms with Crippen molar-refractivity contribution in [2.75, 3.05) is 0 Å². The molecule has 2 aliphatic carbocycles. The zero-order chi connectivity index (χ0) is 23.3. The van der Waals surface area contributed by atoms with E-state index in [2.05, 4.69) is 96.0 Å². The second-order valence-corrected chi connectivity index (χ2v) is 17.4. The summed E-state index contributed by atoms with van der Waals surface area (Å²) in [4.78, 5) is 2.94. The summed E-state index contributed by atoms with van der Waals surface area (Å²) >= 11 is 15.1. The van der Waals surface area contributed by atoms with Gasteiger partial charge in [0.2, 0.25) is 0 Å². The lowest BCUT2D eigenvalue weighted by molar-refractivity contribution is 0.669. The largest absolute Gasteiger partial charge is 0.134 e. The molecule has 0 fully saturated rings. The van der Waals surface area contributed by atoms with Crippen LogP contribution in [0, 0.1) is 0 Å². The fourth-order valence-corrected chi connectivity index (χ4v) is 13.8. The molecule has 4 aromatic heterocycles. The van der Waals surface area contributed by atoms with E-state index in [1.54, 1.807) is 0 Å². The number of thiophene rings is 4. The summed E-state index contributed by atoms with van der Waals surface area (Å²) < 4.78 is 8.18. The molecule has 0 aliphatic heterocycles. The molecule has 0 bridgehead atoms. The van der Waals surface area contributed by atoms with Crippen LogP contribution < -0.4 is 0 Å². The summed E-state index contributed by atoms with van der Waals surface area (Å²) in [7, 11) is 0. The molecule has 4 heterocycles. The minimum Gasteiger partial charge on any atom is -0.134 e. The van der Waals surface area contributed by atoms with Gasteiger partial charge in [0.15, 0.2) is 0 Å². The molecule has 0 N–H and O–H groups in total. The number of halogens is 2. The Hall–Kier alpha value is -1.02. The van der Waals surface area contributed by atoms with E-state index >= 15 is 0 Å². The highest BCUT2D eigenvalue weighted by Crippen LogP contribution is 2.62. The van der Waals surface area contributed by atoms with Gasteiger partial charge in [-0.2, -0.15) is 0 Å². The molecule has 168 valence electrons. The van der Waals surface area contributed by atoms with Crippen LogP contribution in [-0.2, 0) is 10.8 Å². The first-order valence-corrected chi connectivity index (χ1v) is 16.1. The van der Waals surface area contributed by atoms with Gasteiger partial charge in [0.25, 0.3) is 0 Å². The molecular weight excluding hydrogens is 624 g/mol. The Bertz CT molecular complexity index is 1750. The van der Waals surface area contributed by atoms with Crippen LogP contribution in [0.1, 0.15) is 49.9 Å². The molecule has 2 aliphatic rings. The zero-order valence-electron chi connectivity index (χ0n) is 18.9. The van der Waals surface area contributed by atoms with Crippen LogP contribution in [-0.4, -0.2) is 0 Å². The number of hydrogen-bond acceptors (Lipinski definition) is 4. The lowest BCUT2D eigenvalue weighted by Crippen LogP contribution is -2.17. The molecular formula is C28H18Br2S4. The van der Waals surface area contributed by atoms with Gasteiger partial charge < -0.3 is 0 Å². The van der Waals surface area contributed by atoms with Crippen LogP contribution in [0.3, 0.4) is 0 Å². The average molecular weight is 643 g/mol. The minimum atomic E-state index is -0.0135. The maximum Gasteiger partial charge on any atom is 0.0719 e. The summed E-state index contributed by atoms with van der Waals surface area (Å²) in [6, 6.07) is 14.2. The van der Waals surface area contributed by atoms with Crippen molar-refractivity contribution in [1.82, 2.24) is 0 Å². The van der Waals surface area contributed by atoms with Crippen molar-refractivity contribution < 1.29 is 0 Å². The van der Waals surface area contributed by atoms with Gasteiger partial charge in [0.1, 0.15) is 0 Å². The smallest absolute Gasteiger partial charge is 0.0719 e. The van der Waals surface area contributed by atoms with E-state index in [1.807, 2.05) is 45.3 Å². The van der Waals surface area contributed by atoms with Gasteiger partial charge >= 0.3 is 0 Å². The molecule has 0 radical (unpaired) electrons. The molecule has 6 aromatic rings. The molecule has 2 aromatic carbocycles. The van der Waals surface area contributed by atoms with E-state index in [9.17, 15) is 0 Å². The summed E-state index contributed by atoms with van der Waals surface area (Å²) in [6.07, 6.45) is 0. The lowest BCUT2D eigenvalue weighted by atomic mass is 9.76. The van der Waals surface area contributed by atoms with Gasteiger partial charge in [0.05, 0.1) is 17.0 Å². The van der Waals surface area contributed by atoms with Crippen LogP contribution in [0.5, 0.6) is 0 Å². The molecule has 8 rings (SSSR count). The van der Waals surface area contributed by atoms with Crippen molar-refractivity contribution in [1.29, 1.82) is 0 Å². The third kappa shape index (κ3) is 2.34. The third-order valence-corrected chi connectivity index (χ3v) is 13.8. The highest BCUT2D eigenvalue weighted by Gasteiger charge is 2.44. The van der Waals surface area contributed by atoms with Crippen LogP contribution in [0.4, 0.5) is 0 Å². The minimum absolute atomic E-state index is 0.0135. The molecule has 0 spiro atoms. The monoisotopic (exact) mass is 640 g/mol. The van der Waals surface area contributed by atoms with Crippen LogP contribution in [0.25, 0.3) is 50.5 Å².